The van der Waals surface area contributed by atoms with E-state index in [2.05, 4.69) is 41.2 Å². The molecule has 2 heterocycles. The van der Waals surface area contributed by atoms with Gasteiger partial charge in [-0.05, 0) is 24.5 Å². The molecule has 0 unspecified atom stereocenters. The van der Waals surface area contributed by atoms with Crippen LogP contribution < -0.4 is 15.9 Å². The summed E-state index contributed by atoms with van der Waals surface area (Å²) >= 11 is 0. The topological polar surface area (TPSA) is 34.0 Å². The summed E-state index contributed by atoms with van der Waals surface area (Å²) in [4.78, 5) is 12.0. The molecule has 1 amide bonds. The van der Waals surface area contributed by atoms with E-state index in [1.54, 1.807) is 0 Å². The largest absolute Gasteiger partial charge is 0.348 e. The SMILES string of the molecule is Cn1c2c(c3c4c(ccc31)CNC4=O)=CCCC=2. The van der Waals surface area contributed by atoms with Gasteiger partial charge in [0, 0.05) is 35.1 Å². The molecule has 1 N–H and O–H groups in total. The first-order chi connectivity index (χ1) is 8.77. The summed E-state index contributed by atoms with van der Waals surface area (Å²) in [6.07, 6.45) is 6.70. The minimum atomic E-state index is 0.0722. The molecule has 3 nitrogen and oxygen atoms in total. The number of nitrogens with zero attached hydrogens (tertiary/aromatic N) is 1. The van der Waals surface area contributed by atoms with E-state index in [4.69, 9.17) is 0 Å². The Kier molecular flexibility index (Phi) is 1.80. The van der Waals surface area contributed by atoms with Crippen molar-refractivity contribution in [3.8, 4) is 0 Å². The molecule has 1 aromatic carbocycles. The lowest BCUT2D eigenvalue weighted by Gasteiger charge is -2.00. The van der Waals surface area contributed by atoms with Gasteiger partial charge in [-0.25, -0.2) is 0 Å². The molecule has 0 saturated carbocycles. The van der Waals surface area contributed by atoms with Crippen molar-refractivity contribution in [2.45, 2.75) is 19.4 Å². The second-order valence-electron chi connectivity index (χ2n) is 5.02. The predicted molar refractivity (Wildman–Crippen MR) is 71.5 cm³/mol. The van der Waals surface area contributed by atoms with E-state index in [0.717, 1.165) is 34.9 Å². The number of hydrogen-bond acceptors (Lipinski definition) is 1. The van der Waals surface area contributed by atoms with Crippen LogP contribution in [0.2, 0.25) is 0 Å². The fraction of sp³-hybridized carbons (Fsp3) is 0.267. The molecule has 0 saturated heterocycles. The molecule has 4 rings (SSSR count). The maximum Gasteiger partial charge on any atom is 0.252 e. The Balaban J connectivity index is 2.33. The van der Waals surface area contributed by atoms with Crippen LogP contribution in [0.3, 0.4) is 0 Å². The first kappa shape index (κ1) is 9.95. The van der Waals surface area contributed by atoms with Crippen molar-refractivity contribution >= 4 is 29.0 Å². The van der Waals surface area contributed by atoms with Crippen molar-refractivity contribution in [2.24, 2.45) is 7.05 Å². The van der Waals surface area contributed by atoms with Crippen LogP contribution in [-0.4, -0.2) is 10.5 Å². The summed E-state index contributed by atoms with van der Waals surface area (Å²) < 4.78 is 2.20. The number of hydrogen-bond donors (Lipinski definition) is 1. The van der Waals surface area contributed by atoms with Crippen molar-refractivity contribution in [2.75, 3.05) is 0 Å². The molecule has 0 spiro atoms. The lowest BCUT2D eigenvalue weighted by atomic mass is 10.0. The first-order valence-electron chi connectivity index (χ1n) is 6.36. The van der Waals surface area contributed by atoms with Crippen molar-refractivity contribution in [3.05, 3.63) is 33.8 Å². The number of carbonyl (C=O) groups is 1. The van der Waals surface area contributed by atoms with Gasteiger partial charge in [-0.2, -0.15) is 0 Å². The summed E-state index contributed by atoms with van der Waals surface area (Å²) in [5.74, 6) is 0.0722. The smallest absolute Gasteiger partial charge is 0.252 e. The number of carbonyl (C=O) groups excluding carboxylic acids is 1. The molecule has 2 aromatic rings. The Morgan fingerprint density at radius 1 is 1.22 bits per heavy atom. The van der Waals surface area contributed by atoms with Gasteiger partial charge in [-0.3, -0.25) is 4.79 Å². The molecule has 1 aliphatic heterocycles. The molecule has 90 valence electrons. The van der Waals surface area contributed by atoms with Gasteiger partial charge in [0.05, 0.1) is 5.56 Å². The molecule has 3 heteroatoms. The highest BCUT2D eigenvalue weighted by Gasteiger charge is 2.24. The van der Waals surface area contributed by atoms with Gasteiger partial charge < -0.3 is 9.88 Å². The summed E-state index contributed by atoms with van der Waals surface area (Å²) in [6.45, 7) is 0.664. The van der Waals surface area contributed by atoms with E-state index < -0.39 is 0 Å². The minimum Gasteiger partial charge on any atom is -0.348 e. The van der Waals surface area contributed by atoms with Gasteiger partial charge in [0.2, 0.25) is 0 Å². The normalized spacial score (nSPS) is 16.8. The fourth-order valence-electron chi connectivity index (χ4n) is 3.20. The first-order valence-corrected chi connectivity index (χ1v) is 6.36. The van der Waals surface area contributed by atoms with Crippen LogP contribution in [0.5, 0.6) is 0 Å². The zero-order chi connectivity index (χ0) is 12.3. The lowest BCUT2D eigenvalue weighted by molar-refractivity contribution is 0.0967. The predicted octanol–water partition coefficient (Wildman–Crippen LogP) is 0.776. The molecule has 2 aliphatic rings. The number of benzene rings is 1. The maximum atomic E-state index is 12.0. The van der Waals surface area contributed by atoms with Gasteiger partial charge in [0.1, 0.15) is 0 Å². The van der Waals surface area contributed by atoms with E-state index in [0.29, 0.717) is 6.54 Å². The van der Waals surface area contributed by atoms with Gasteiger partial charge >= 0.3 is 0 Å². The zero-order valence-electron chi connectivity index (χ0n) is 10.3. The lowest BCUT2D eigenvalue weighted by Crippen LogP contribution is -2.29. The highest BCUT2D eigenvalue weighted by atomic mass is 16.1. The molecule has 18 heavy (non-hydrogen) atoms. The van der Waals surface area contributed by atoms with Gasteiger partial charge in [0.15, 0.2) is 0 Å². The maximum absolute atomic E-state index is 12.0. The third kappa shape index (κ3) is 1.07. The number of rotatable bonds is 0. The van der Waals surface area contributed by atoms with E-state index >= 15 is 0 Å². The quantitative estimate of drug-likeness (QED) is 0.723. The molecular weight excluding hydrogens is 224 g/mol. The van der Waals surface area contributed by atoms with E-state index in [1.807, 2.05) is 0 Å². The minimum absolute atomic E-state index is 0.0722. The summed E-state index contributed by atoms with van der Waals surface area (Å²) in [7, 11) is 2.08. The number of amides is 1. The Morgan fingerprint density at radius 2 is 2.06 bits per heavy atom. The van der Waals surface area contributed by atoms with Crippen LogP contribution >= 0.6 is 0 Å². The van der Waals surface area contributed by atoms with Gasteiger partial charge in [-0.1, -0.05) is 18.2 Å². The second-order valence-corrected chi connectivity index (χ2v) is 5.02. The summed E-state index contributed by atoms with van der Waals surface area (Å²) in [5, 5.41) is 6.55. The Bertz CT molecular complexity index is 811. The van der Waals surface area contributed by atoms with Gasteiger partial charge in [-0.15, -0.1) is 0 Å². The highest BCUT2D eigenvalue weighted by Crippen LogP contribution is 2.23. The number of aromatic nitrogens is 1. The summed E-state index contributed by atoms with van der Waals surface area (Å²) in [5.41, 5.74) is 3.17. The van der Waals surface area contributed by atoms with Crippen LogP contribution in [0.1, 0.15) is 28.8 Å². The Hall–Kier alpha value is -2.03. The van der Waals surface area contributed by atoms with Gasteiger partial charge in [0.25, 0.3) is 5.91 Å². The Labute approximate surface area is 104 Å². The van der Waals surface area contributed by atoms with Crippen molar-refractivity contribution in [3.63, 3.8) is 0 Å². The van der Waals surface area contributed by atoms with Crippen LogP contribution in [-0.2, 0) is 13.6 Å². The van der Waals surface area contributed by atoms with Crippen molar-refractivity contribution < 1.29 is 4.79 Å². The molecular formula is C15H14N2O. The van der Waals surface area contributed by atoms with Crippen LogP contribution in [0.4, 0.5) is 0 Å². The average Bonchev–Trinajstić information content (AvgIpc) is 2.91. The summed E-state index contributed by atoms with van der Waals surface area (Å²) in [6, 6.07) is 4.20. The standard InChI is InChI=1S/C15H14N2O/c1-17-11-5-3-2-4-10(11)14-12(17)7-6-9-8-16-15(18)13(9)14/h4-7H,2-3,8H2,1H3,(H,16,18). The van der Waals surface area contributed by atoms with Crippen molar-refractivity contribution in [1.29, 1.82) is 0 Å². The molecule has 1 aliphatic carbocycles. The fourth-order valence-corrected chi connectivity index (χ4v) is 3.20. The van der Waals surface area contributed by atoms with E-state index in [9.17, 15) is 4.79 Å². The van der Waals surface area contributed by atoms with Crippen molar-refractivity contribution in [1.82, 2.24) is 9.88 Å². The van der Waals surface area contributed by atoms with Crippen LogP contribution in [0.25, 0.3) is 23.1 Å². The third-order valence-electron chi connectivity index (χ3n) is 4.06. The van der Waals surface area contributed by atoms with Crippen LogP contribution in [0, 0.1) is 0 Å². The average molecular weight is 238 g/mol. The Morgan fingerprint density at radius 3 is 2.94 bits per heavy atom. The second kappa shape index (κ2) is 3.25. The monoisotopic (exact) mass is 238 g/mol. The van der Waals surface area contributed by atoms with E-state index in [1.165, 1.54) is 10.6 Å². The molecule has 0 fully saturated rings. The molecule has 0 atom stereocenters. The number of nitrogens with one attached hydrogen (secondary N) is 1. The van der Waals surface area contributed by atoms with Crippen LogP contribution in [0.15, 0.2) is 12.1 Å². The number of aryl methyl sites for hydroxylation is 1. The highest BCUT2D eigenvalue weighted by molar-refractivity contribution is 6.10. The zero-order valence-corrected chi connectivity index (χ0v) is 10.3. The molecule has 1 aromatic heterocycles. The molecule has 0 radical (unpaired) electrons. The molecule has 0 bridgehead atoms. The van der Waals surface area contributed by atoms with E-state index in [-0.39, 0.29) is 5.91 Å². The number of fused-ring (bicyclic) bond motifs is 5. The third-order valence-corrected chi connectivity index (χ3v) is 4.06.